The Labute approximate surface area is 118 Å². The second-order valence-corrected chi connectivity index (χ2v) is 6.64. The molecule has 0 saturated carbocycles. The van der Waals surface area contributed by atoms with E-state index in [0.29, 0.717) is 12.2 Å². The Hall–Kier alpha value is -0.940. The van der Waals surface area contributed by atoms with Crippen LogP contribution in [0.25, 0.3) is 0 Å². The van der Waals surface area contributed by atoms with Crippen molar-refractivity contribution < 1.29 is 9.90 Å². The van der Waals surface area contributed by atoms with Crippen LogP contribution >= 0.6 is 11.8 Å². The zero-order chi connectivity index (χ0) is 13.9. The molecule has 4 nitrogen and oxygen atoms in total. The highest BCUT2D eigenvalue weighted by Crippen LogP contribution is 2.26. The molecule has 1 aliphatic rings. The van der Waals surface area contributed by atoms with Crippen molar-refractivity contribution in [2.45, 2.75) is 38.3 Å². The molecule has 0 bridgehead atoms. The molecule has 2 heterocycles. The highest BCUT2D eigenvalue weighted by Gasteiger charge is 2.30. The third-order valence-electron chi connectivity index (χ3n) is 3.57. The van der Waals surface area contributed by atoms with E-state index in [2.05, 4.69) is 5.32 Å². The first kappa shape index (κ1) is 14.5. The minimum absolute atomic E-state index is 0.106. The highest BCUT2D eigenvalue weighted by molar-refractivity contribution is 7.99. The van der Waals surface area contributed by atoms with Gasteiger partial charge in [0.15, 0.2) is 0 Å². The molecule has 1 saturated heterocycles. The molecule has 0 unspecified atom stereocenters. The van der Waals surface area contributed by atoms with Gasteiger partial charge in [0, 0.05) is 18.8 Å². The van der Waals surface area contributed by atoms with Crippen LogP contribution in [0.3, 0.4) is 0 Å². The maximum absolute atomic E-state index is 12.2. The number of thioether (sulfide) groups is 1. The van der Waals surface area contributed by atoms with Gasteiger partial charge in [-0.15, -0.1) is 0 Å². The van der Waals surface area contributed by atoms with Gasteiger partial charge in [-0.1, -0.05) is 0 Å². The number of rotatable bonds is 4. The SMILES string of the molecule is CC(C)n1cccc1C(=O)NCC1(O)CCSCC1. The molecular formula is C14H22N2O2S. The van der Waals surface area contributed by atoms with Gasteiger partial charge in [0.2, 0.25) is 0 Å². The lowest BCUT2D eigenvalue weighted by atomic mass is 9.97. The summed E-state index contributed by atoms with van der Waals surface area (Å²) in [5.41, 5.74) is -0.0697. The van der Waals surface area contributed by atoms with E-state index in [-0.39, 0.29) is 11.9 Å². The van der Waals surface area contributed by atoms with Crippen molar-refractivity contribution in [2.75, 3.05) is 18.1 Å². The lowest BCUT2D eigenvalue weighted by Crippen LogP contribution is -2.45. The molecule has 0 aliphatic carbocycles. The summed E-state index contributed by atoms with van der Waals surface area (Å²) in [6, 6.07) is 3.95. The average molecular weight is 282 g/mol. The Morgan fingerprint density at radius 1 is 1.53 bits per heavy atom. The first-order chi connectivity index (χ1) is 9.02. The quantitative estimate of drug-likeness (QED) is 0.889. The second kappa shape index (κ2) is 6.01. The van der Waals surface area contributed by atoms with Crippen LogP contribution < -0.4 is 5.32 Å². The zero-order valence-corrected chi connectivity index (χ0v) is 12.4. The molecule has 0 aromatic carbocycles. The smallest absolute Gasteiger partial charge is 0.268 e. The number of aromatic nitrogens is 1. The molecule has 1 aromatic rings. The van der Waals surface area contributed by atoms with E-state index in [4.69, 9.17) is 0 Å². The highest BCUT2D eigenvalue weighted by atomic mass is 32.2. The summed E-state index contributed by atoms with van der Waals surface area (Å²) in [6.45, 7) is 4.43. The van der Waals surface area contributed by atoms with Crippen LogP contribution in [-0.2, 0) is 0 Å². The molecule has 106 valence electrons. The fourth-order valence-electron chi connectivity index (χ4n) is 2.30. The van der Waals surface area contributed by atoms with E-state index in [1.807, 2.05) is 48.5 Å². The summed E-state index contributed by atoms with van der Waals surface area (Å²) in [5, 5.41) is 13.2. The molecule has 1 fully saturated rings. The van der Waals surface area contributed by atoms with Crippen LogP contribution in [0, 0.1) is 0 Å². The van der Waals surface area contributed by atoms with Crippen LogP contribution in [0.2, 0.25) is 0 Å². The third-order valence-corrected chi connectivity index (χ3v) is 4.56. The van der Waals surface area contributed by atoms with Crippen LogP contribution in [-0.4, -0.2) is 39.2 Å². The number of amides is 1. The Morgan fingerprint density at radius 2 is 2.21 bits per heavy atom. The Balaban J connectivity index is 1.95. The fourth-order valence-corrected chi connectivity index (χ4v) is 3.55. The van der Waals surface area contributed by atoms with Gasteiger partial charge in [-0.2, -0.15) is 11.8 Å². The predicted molar refractivity (Wildman–Crippen MR) is 78.7 cm³/mol. The lowest BCUT2D eigenvalue weighted by molar-refractivity contribution is 0.0309. The average Bonchev–Trinajstić information content (AvgIpc) is 2.86. The number of nitrogens with one attached hydrogen (secondary N) is 1. The van der Waals surface area contributed by atoms with Gasteiger partial charge < -0.3 is 15.0 Å². The van der Waals surface area contributed by atoms with Crippen LogP contribution in [0.1, 0.15) is 43.2 Å². The van der Waals surface area contributed by atoms with Gasteiger partial charge in [-0.3, -0.25) is 4.79 Å². The van der Waals surface area contributed by atoms with Crippen molar-refractivity contribution in [3.8, 4) is 0 Å². The Kier molecular flexibility index (Phi) is 4.58. The van der Waals surface area contributed by atoms with Crippen molar-refractivity contribution in [3.05, 3.63) is 24.0 Å². The molecular weight excluding hydrogens is 260 g/mol. The van der Waals surface area contributed by atoms with E-state index in [1.165, 1.54) is 0 Å². The molecule has 19 heavy (non-hydrogen) atoms. The molecule has 1 aliphatic heterocycles. The number of hydrogen-bond acceptors (Lipinski definition) is 3. The number of nitrogens with zero attached hydrogens (tertiary/aromatic N) is 1. The summed E-state index contributed by atoms with van der Waals surface area (Å²) in [7, 11) is 0. The summed E-state index contributed by atoms with van der Waals surface area (Å²) >= 11 is 1.86. The first-order valence-electron chi connectivity index (χ1n) is 6.77. The zero-order valence-electron chi connectivity index (χ0n) is 11.6. The van der Waals surface area contributed by atoms with Crippen LogP contribution in [0.15, 0.2) is 18.3 Å². The number of carbonyl (C=O) groups is 1. The van der Waals surface area contributed by atoms with Gasteiger partial charge in [0.1, 0.15) is 5.69 Å². The molecule has 0 spiro atoms. The van der Waals surface area contributed by atoms with Crippen molar-refractivity contribution in [3.63, 3.8) is 0 Å². The monoisotopic (exact) mass is 282 g/mol. The van der Waals surface area contributed by atoms with E-state index >= 15 is 0 Å². The third kappa shape index (κ3) is 3.54. The summed E-state index contributed by atoms with van der Waals surface area (Å²) in [6.07, 6.45) is 3.41. The minimum atomic E-state index is -0.726. The number of carbonyl (C=O) groups excluding carboxylic acids is 1. The van der Waals surface area contributed by atoms with E-state index in [0.717, 1.165) is 24.3 Å². The van der Waals surface area contributed by atoms with Gasteiger partial charge in [-0.05, 0) is 50.3 Å². The second-order valence-electron chi connectivity index (χ2n) is 5.41. The van der Waals surface area contributed by atoms with E-state index < -0.39 is 5.60 Å². The Morgan fingerprint density at radius 3 is 2.84 bits per heavy atom. The van der Waals surface area contributed by atoms with Crippen molar-refractivity contribution in [1.29, 1.82) is 0 Å². The van der Waals surface area contributed by atoms with Gasteiger partial charge >= 0.3 is 0 Å². The lowest BCUT2D eigenvalue weighted by Gasteiger charge is -2.31. The standard InChI is InChI=1S/C14H22N2O2S/c1-11(2)16-7-3-4-12(16)13(17)15-10-14(18)5-8-19-9-6-14/h3-4,7,11,18H,5-6,8-10H2,1-2H3,(H,15,17). The Bertz CT molecular complexity index is 436. The molecule has 2 rings (SSSR count). The minimum Gasteiger partial charge on any atom is -0.388 e. The van der Waals surface area contributed by atoms with Crippen molar-refractivity contribution in [2.24, 2.45) is 0 Å². The molecule has 5 heteroatoms. The molecule has 2 N–H and O–H groups in total. The van der Waals surface area contributed by atoms with Gasteiger partial charge in [0.05, 0.1) is 5.60 Å². The van der Waals surface area contributed by atoms with Crippen molar-refractivity contribution >= 4 is 17.7 Å². The summed E-state index contributed by atoms with van der Waals surface area (Å²) < 4.78 is 1.94. The largest absolute Gasteiger partial charge is 0.388 e. The molecule has 0 radical (unpaired) electrons. The van der Waals surface area contributed by atoms with Crippen LogP contribution in [0.5, 0.6) is 0 Å². The topological polar surface area (TPSA) is 54.3 Å². The maximum Gasteiger partial charge on any atom is 0.268 e. The molecule has 1 aromatic heterocycles. The number of aliphatic hydroxyl groups is 1. The predicted octanol–water partition coefficient (Wildman–Crippen LogP) is 2.06. The van der Waals surface area contributed by atoms with Crippen LogP contribution in [0.4, 0.5) is 0 Å². The van der Waals surface area contributed by atoms with E-state index in [1.54, 1.807) is 0 Å². The van der Waals surface area contributed by atoms with Crippen molar-refractivity contribution in [1.82, 2.24) is 9.88 Å². The molecule has 0 atom stereocenters. The maximum atomic E-state index is 12.2. The van der Waals surface area contributed by atoms with E-state index in [9.17, 15) is 9.90 Å². The normalized spacial score (nSPS) is 18.5. The van der Waals surface area contributed by atoms with Gasteiger partial charge in [0.25, 0.3) is 5.91 Å². The van der Waals surface area contributed by atoms with Gasteiger partial charge in [-0.25, -0.2) is 0 Å². The summed E-state index contributed by atoms with van der Waals surface area (Å²) in [5.74, 6) is 1.83. The fraction of sp³-hybridized carbons (Fsp3) is 0.643. The summed E-state index contributed by atoms with van der Waals surface area (Å²) in [4.78, 5) is 12.2. The number of hydrogen-bond donors (Lipinski definition) is 2. The molecule has 1 amide bonds. The first-order valence-corrected chi connectivity index (χ1v) is 7.92.